The van der Waals surface area contributed by atoms with Gasteiger partial charge >= 0.3 is 0 Å². The van der Waals surface area contributed by atoms with E-state index in [1.807, 2.05) is 0 Å². The van der Waals surface area contributed by atoms with Crippen molar-refractivity contribution in [3.05, 3.63) is 27.8 Å². The summed E-state index contributed by atoms with van der Waals surface area (Å²) in [4.78, 5) is 0. The molecular formula is C10H14INO. The lowest BCUT2D eigenvalue weighted by molar-refractivity contribution is 0.190. The molecule has 1 N–H and O–H groups in total. The minimum absolute atomic E-state index is 0.352. The Hall–Kier alpha value is -0.290. The lowest BCUT2D eigenvalue weighted by atomic mass is 10.3. The second-order valence-electron chi connectivity index (χ2n) is 3.01. The van der Waals surface area contributed by atoms with E-state index in [-0.39, 0.29) is 0 Å². The van der Waals surface area contributed by atoms with Gasteiger partial charge in [0.1, 0.15) is 0 Å². The number of benzene rings is 1. The molecular weight excluding hydrogens is 277 g/mol. The van der Waals surface area contributed by atoms with Crippen LogP contribution in [0.4, 0.5) is 5.69 Å². The third-order valence-electron chi connectivity index (χ3n) is 1.67. The summed E-state index contributed by atoms with van der Waals surface area (Å²) in [5.74, 6) is 0. The van der Waals surface area contributed by atoms with Gasteiger partial charge in [0.2, 0.25) is 0 Å². The molecule has 1 atom stereocenters. The maximum absolute atomic E-state index is 5.04. The first-order valence-electron chi connectivity index (χ1n) is 4.23. The Kier molecular flexibility index (Phi) is 4.52. The Balaban J connectivity index is 2.49. The fourth-order valence-corrected chi connectivity index (χ4v) is 1.48. The van der Waals surface area contributed by atoms with E-state index >= 15 is 0 Å². The number of hydrogen-bond donors (Lipinski definition) is 1. The van der Waals surface area contributed by atoms with Crippen molar-refractivity contribution in [2.45, 2.75) is 13.0 Å². The smallest absolute Gasteiger partial charge is 0.0661 e. The molecule has 0 radical (unpaired) electrons. The number of halogens is 1. The Labute approximate surface area is 92.8 Å². The zero-order chi connectivity index (χ0) is 9.68. The van der Waals surface area contributed by atoms with Gasteiger partial charge in [-0.15, -0.1) is 0 Å². The van der Waals surface area contributed by atoms with Crippen molar-refractivity contribution in [1.29, 1.82) is 0 Å². The van der Waals surface area contributed by atoms with E-state index in [0.717, 1.165) is 12.3 Å². The lowest BCUT2D eigenvalue weighted by Gasteiger charge is -2.13. The number of rotatable bonds is 4. The molecule has 0 fully saturated rings. The quantitative estimate of drug-likeness (QED) is 0.861. The van der Waals surface area contributed by atoms with Gasteiger partial charge in [0.25, 0.3) is 0 Å². The van der Waals surface area contributed by atoms with Crippen LogP contribution in [0.25, 0.3) is 0 Å². The monoisotopic (exact) mass is 291 g/mol. The fraction of sp³-hybridized carbons (Fsp3) is 0.400. The minimum Gasteiger partial charge on any atom is -0.383 e. The van der Waals surface area contributed by atoms with Crippen molar-refractivity contribution < 1.29 is 4.74 Å². The molecule has 1 aromatic rings. The second-order valence-corrected chi connectivity index (χ2v) is 4.25. The SMILES string of the molecule is COCC(C)Nc1ccc(I)cc1. The first kappa shape index (κ1) is 10.8. The molecule has 3 heteroatoms. The zero-order valence-electron chi connectivity index (χ0n) is 7.88. The van der Waals surface area contributed by atoms with E-state index < -0.39 is 0 Å². The Morgan fingerprint density at radius 3 is 2.54 bits per heavy atom. The van der Waals surface area contributed by atoms with E-state index in [1.165, 1.54) is 3.57 Å². The third-order valence-corrected chi connectivity index (χ3v) is 2.39. The van der Waals surface area contributed by atoms with E-state index in [9.17, 15) is 0 Å². The molecule has 0 aliphatic rings. The molecule has 0 bridgehead atoms. The Morgan fingerprint density at radius 2 is 2.00 bits per heavy atom. The highest BCUT2D eigenvalue weighted by atomic mass is 127. The predicted molar refractivity (Wildman–Crippen MR) is 64.1 cm³/mol. The number of anilines is 1. The average molecular weight is 291 g/mol. The molecule has 0 aromatic heterocycles. The second kappa shape index (κ2) is 5.44. The molecule has 1 aromatic carbocycles. The summed E-state index contributed by atoms with van der Waals surface area (Å²) in [6, 6.07) is 8.68. The number of methoxy groups -OCH3 is 1. The third kappa shape index (κ3) is 3.95. The number of hydrogen-bond acceptors (Lipinski definition) is 2. The summed E-state index contributed by atoms with van der Waals surface area (Å²) in [6.07, 6.45) is 0. The van der Waals surface area contributed by atoms with E-state index in [4.69, 9.17) is 4.74 Å². The van der Waals surface area contributed by atoms with Crippen molar-refractivity contribution in [3.8, 4) is 0 Å². The average Bonchev–Trinajstić information content (AvgIpc) is 2.09. The van der Waals surface area contributed by atoms with Gasteiger partial charge in [0.05, 0.1) is 6.61 Å². The Morgan fingerprint density at radius 1 is 1.38 bits per heavy atom. The van der Waals surface area contributed by atoms with Gasteiger partial charge < -0.3 is 10.1 Å². The van der Waals surface area contributed by atoms with Gasteiger partial charge in [-0.2, -0.15) is 0 Å². The van der Waals surface area contributed by atoms with Gasteiger partial charge in [-0.05, 0) is 53.8 Å². The molecule has 0 aliphatic heterocycles. The van der Waals surface area contributed by atoms with Crippen LogP contribution in [0.1, 0.15) is 6.92 Å². The summed E-state index contributed by atoms with van der Waals surface area (Å²) >= 11 is 2.29. The summed E-state index contributed by atoms with van der Waals surface area (Å²) in [5.41, 5.74) is 1.14. The lowest BCUT2D eigenvalue weighted by Crippen LogP contribution is -2.20. The zero-order valence-corrected chi connectivity index (χ0v) is 10.0. The highest BCUT2D eigenvalue weighted by molar-refractivity contribution is 14.1. The summed E-state index contributed by atoms with van der Waals surface area (Å²) in [6.45, 7) is 2.83. The molecule has 0 heterocycles. The minimum atomic E-state index is 0.352. The molecule has 0 amide bonds. The molecule has 2 nitrogen and oxygen atoms in total. The molecule has 0 saturated carbocycles. The van der Waals surface area contributed by atoms with Gasteiger partial charge in [-0.1, -0.05) is 0 Å². The van der Waals surface area contributed by atoms with Gasteiger partial charge in [-0.3, -0.25) is 0 Å². The van der Waals surface area contributed by atoms with Crippen LogP contribution in [0.3, 0.4) is 0 Å². The molecule has 1 rings (SSSR count). The number of ether oxygens (including phenoxy) is 1. The van der Waals surface area contributed by atoms with E-state index in [1.54, 1.807) is 7.11 Å². The van der Waals surface area contributed by atoms with Crippen molar-refractivity contribution in [3.63, 3.8) is 0 Å². The van der Waals surface area contributed by atoms with Crippen LogP contribution in [0.2, 0.25) is 0 Å². The standard InChI is InChI=1S/C10H14INO/c1-8(7-13-2)12-10-5-3-9(11)4-6-10/h3-6,8,12H,7H2,1-2H3. The topological polar surface area (TPSA) is 21.3 Å². The van der Waals surface area contributed by atoms with Crippen LogP contribution in [0.5, 0.6) is 0 Å². The van der Waals surface area contributed by atoms with Crippen LogP contribution in [-0.2, 0) is 4.74 Å². The maximum Gasteiger partial charge on any atom is 0.0661 e. The highest BCUT2D eigenvalue weighted by Gasteiger charge is 1.99. The molecule has 0 saturated heterocycles. The largest absolute Gasteiger partial charge is 0.383 e. The van der Waals surface area contributed by atoms with Gasteiger partial charge in [0, 0.05) is 22.4 Å². The van der Waals surface area contributed by atoms with Crippen LogP contribution >= 0.6 is 22.6 Å². The van der Waals surface area contributed by atoms with Crippen molar-refractivity contribution in [2.24, 2.45) is 0 Å². The van der Waals surface area contributed by atoms with Crippen LogP contribution in [0.15, 0.2) is 24.3 Å². The van der Waals surface area contributed by atoms with E-state index in [0.29, 0.717) is 6.04 Å². The van der Waals surface area contributed by atoms with E-state index in [2.05, 4.69) is 59.1 Å². The van der Waals surface area contributed by atoms with Gasteiger partial charge in [-0.25, -0.2) is 0 Å². The van der Waals surface area contributed by atoms with Crippen molar-refractivity contribution in [1.82, 2.24) is 0 Å². The molecule has 0 spiro atoms. The normalized spacial score (nSPS) is 12.5. The van der Waals surface area contributed by atoms with Crippen LogP contribution in [0, 0.1) is 3.57 Å². The van der Waals surface area contributed by atoms with Crippen LogP contribution in [-0.4, -0.2) is 19.8 Å². The fourth-order valence-electron chi connectivity index (χ4n) is 1.12. The van der Waals surface area contributed by atoms with Crippen molar-refractivity contribution >= 4 is 28.3 Å². The van der Waals surface area contributed by atoms with Crippen LogP contribution < -0.4 is 5.32 Å². The highest BCUT2D eigenvalue weighted by Crippen LogP contribution is 2.11. The van der Waals surface area contributed by atoms with Crippen molar-refractivity contribution in [2.75, 3.05) is 19.0 Å². The molecule has 72 valence electrons. The summed E-state index contributed by atoms with van der Waals surface area (Å²) < 4.78 is 6.29. The first-order chi connectivity index (χ1) is 6.22. The van der Waals surface area contributed by atoms with Gasteiger partial charge in [0.15, 0.2) is 0 Å². The molecule has 13 heavy (non-hydrogen) atoms. The first-order valence-corrected chi connectivity index (χ1v) is 5.31. The maximum atomic E-state index is 5.04. The summed E-state index contributed by atoms with van der Waals surface area (Å²) in [5, 5.41) is 3.34. The molecule has 0 aliphatic carbocycles. The summed E-state index contributed by atoms with van der Waals surface area (Å²) in [7, 11) is 1.71. The Bertz CT molecular complexity index is 248. The number of nitrogens with one attached hydrogen (secondary N) is 1. The molecule has 1 unspecified atom stereocenters. The predicted octanol–water partition coefficient (Wildman–Crippen LogP) is 2.74.